The molecular weight excluding hydrogens is 435 g/mol. The maximum atomic E-state index is 12.8. The van der Waals surface area contributed by atoms with E-state index in [0.717, 1.165) is 12.1 Å². The number of carbonyl (C=O) groups is 2. The van der Waals surface area contributed by atoms with Gasteiger partial charge in [-0.3, -0.25) is 9.59 Å². The number of primary sulfonamides is 1. The first-order valence-corrected chi connectivity index (χ1v) is 9.88. The van der Waals surface area contributed by atoms with Gasteiger partial charge in [0, 0.05) is 12.2 Å². The Morgan fingerprint density at radius 1 is 1.03 bits per heavy atom. The molecule has 0 saturated heterocycles. The summed E-state index contributed by atoms with van der Waals surface area (Å²) in [6.45, 7) is 0.0371. The van der Waals surface area contributed by atoms with Crippen molar-refractivity contribution in [2.75, 3.05) is 11.9 Å². The highest BCUT2D eigenvalue weighted by molar-refractivity contribution is 7.89. The number of alkyl halides is 3. The zero-order valence-electron chi connectivity index (χ0n) is 14.6. The van der Waals surface area contributed by atoms with Crippen molar-refractivity contribution in [3.63, 3.8) is 0 Å². The fourth-order valence-electron chi connectivity index (χ4n) is 2.25. The smallest absolute Gasteiger partial charge is 0.347 e. The second-order valence-corrected chi connectivity index (χ2v) is 7.81. The van der Waals surface area contributed by atoms with Gasteiger partial charge >= 0.3 is 18.0 Å². The average Bonchev–Trinajstić information content (AvgIpc) is 2.62. The number of halogens is 4. The number of carbonyl (C=O) groups excluding carboxylic acids is 2. The molecule has 12 heteroatoms. The number of anilines is 1. The number of nitrogens with one attached hydrogen (secondary N) is 2. The molecule has 0 spiro atoms. The van der Waals surface area contributed by atoms with Gasteiger partial charge in [0.25, 0.3) is 0 Å². The van der Waals surface area contributed by atoms with Gasteiger partial charge in [0.1, 0.15) is 0 Å². The van der Waals surface area contributed by atoms with E-state index in [2.05, 4.69) is 10.6 Å². The van der Waals surface area contributed by atoms with E-state index >= 15 is 0 Å². The fourth-order valence-corrected chi connectivity index (χ4v) is 2.99. The van der Waals surface area contributed by atoms with Crippen molar-refractivity contribution < 1.29 is 31.2 Å². The molecule has 0 radical (unpaired) electrons. The van der Waals surface area contributed by atoms with Gasteiger partial charge < -0.3 is 10.6 Å². The first-order valence-electron chi connectivity index (χ1n) is 7.95. The van der Waals surface area contributed by atoms with E-state index in [1.807, 2.05) is 0 Å². The lowest BCUT2D eigenvalue weighted by Gasteiger charge is -2.12. The molecule has 0 saturated carbocycles. The van der Waals surface area contributed by atoms with Crippen molar-refractivity contribution in [1.29, 1.82) is 0 Å². The molecule has 2 amide bonds. The molecule has 0 unspecified atom stereocenters. The van der Waals surface area contributed by atoms with E-state index in [1.54, 1.807) is 0 Å². The van der Waals surface area contributed by atoms with Gasteiger partial charge in [0.05, 0.1) is 15.5 Å². The Balaban J connectivity index is 1.91. The largest absolute Gasteiger partial charge is 0.417 e. The molecule has 0 atom stereocenters. The van der Waals surface area contributed by atoms with Crippen LogP contribution in [0.25, 0.3) is 0 Å². The van der Waals surface area contributed by atoms with Crippen LogP contribution in [0.4, 0.5) is 18.9 Å². The van der Waals surface area contributed by atoms with Gasteiger partial charge in [0.2, 0.25) is 10.0 Å². The highest BCUT2D eigenvalue weighted by Crippen LogP contribution is 2.36. The second kappa shape index (κ2) is 8.80. The minimum atomic E-state index is -4.71. The topological polar surface area (TPSA) is 118 Å². The van der Waals surface area contributed by atoms with Crippen molar-refractivity contribution in [3.05, 3.63) is 58.6 Å². The summed E-state index contributed by atoms with van der Waals surface area (Å²) in [6.07, 6.45) is -4.43. The van der Waals surface area contributed by atoms with E-state index in [-0.39, 0.29) is 23.5 Å². The molecule has 7 nitrogen and oxygen atoms in total. The molecule has 0 aliphatic heterocycles. The number of amides is 2. The Morgan fingerprint density at radius 3 is 2.21 bits per heavy atom. The highest BCUT2D eigenvalue weighted by atomic mass is 35.5. The zero-order valence-corrected chi connectivity index (χ0v) is 16.2. The van der Waals surface area contributed by atoms with Crippen LogP contribution in [0, 0.1) is 0 Å². The molecular formula is C17H15ClF3N3O4S. The second-order valence-electron chi connectivity index (χ2n) is 5.84. The van der Waals surface area contributed by atoms with E-state index in [4.69, 9.17) is 16.7 Å². The SMILES string of the molecule is NS(=O)(=O)c1ccc(CCNC(=O)C(=O)Nc2ccc(Cl)c(C(F)(F)F)c2)cc1. The average molecular weight is 450 g/mol. The van der Waals surface area contributed by atoms with Gasteiger partial charge in [-0.2, -0.15) is 13.2 Å². The van der Waals surface area contributed by atoms with E-state index in [1.165, 1.54) is 24.3 Å². The molecule has 0 heterocycles. The van der Waals surface area contributed by atoms with Crippen molar-refractivity contribution in [2.24, 2.45) is 5.14 Å². The third-order valence-electron chi connectivity index (χ3n) is 3.69. The van der Waals surface area contributed by atoms with E-state index in [0.29, 0.717) is 11.6 Å². The predicted octanol–water partition coefficient (Wildman–Crippen LogP) is 2.30. The number of rotatable bonds is 5. The van der Waals surface area contributed by atoms with Crippen molar-refractivity contribution in [3.8, 4) is 0 Å². The lowest BCUT2D eigenvalue weighted by atomic mass is 10.1. The predicted molar refractivity (Wildman–Crippen MR) is 99.6 cm³/mol. The Kier molecular flexibility index (Phi) is 6.88. The van der Waals surface area contributed by atoms with Crippen molar-refractivity contribution in [2.45, 2.75) is 17.5 Å². The lowest BCUT2D eigenvalue weighted by molar-refractivity contribution is -0.137. The minimum Gasteiger partial charge on any atom is -0.347 e. The number of benzene rings is 2. The van der Waals surface area contributed by atoms with Crippen LogP contribution in [0.3, 0.4) is 0 Å². The van der Waals surface area contributed by atoms with E-state index in [9.17, 15) is 31.2 Å². The summed E-state index contributed by atoms with van der Waals surface area (Å²) in [5.74, 6) is -2.19. The molecule has 156 valence electrons. The molecule has 4 N–H and O–H groups in total. The third-order valence-corrected chi connectivity index (χ3v) is 4.95. The summed E-state index contributed by atoms with van der Waals surface area (Å²) >= 11 is 5.49. The summed E-state index contributed by atoms with van der Waals surface area (Å²) < 4.78 is 60.8. The van der Waals surface area contributed by atoms with Gasteiger partial charge in [0.15, 0.2) is 0 Å². The van der Waals surface area contributed by atoms with Gasteiger partial charge in [-0.15, -0.1) is 0 Å². The van der Waals surface area contributed by atoms with Crippen LogP contribution < -0.4 is 15.8 Å². The Hall–Kier alpha value is -2.63. The first-order chi connectivity index (χ1) is 13.4. The van der Waals surface area contributed by atoms with Crippen LogP contribution in [0.1, 0.15) is 11.1 Å². The Morgan fingerprint density at radius 2 is 1.66 bits per heavy atom. The molecule has 2 aromatic rings. The summed E-state index contributed by atoms with van der Waals surface area (Å²) in [5.41, 5.74) is -0.702. The van der Waals surface area contributed by atoms with Gasteiger partial charge in [-0.1, -0.05) is 23.7 Å². The first kappa shape index (κ1) is 22.7. The highest BCUT2D eigenvalue weighted by Gasteiger charge is 2.33. The number of nitrogens with two attached hydrogens (primary N) is 1. The standard InChI is InChI=1S/C17H15ClF3N3O4S/c18-14-6-3-11(9-13(14)17(19,20)21)24-16(26)15(25)23-8-7-10-1-4-12(5-2-10)29(22,27)28/h1-6,9H,7-8H2,(H,23,25)(H,24,26)(H2,22,27,28). The monoisotopic (exact) mass is 449 g/mol. The van der Waals surface area contributed by atoms with Crippen LogP contribution in [-0.2, 0) is 32.2 Å². The molecule has 0 aromatic heterocycles. The van der Waals surface area contributed by atoms with E-state index < -0.39 is 38.6 Å². The summed E-state index contributed by atoms with van der Waals surface area (Å²) in [4.78, 5) is 23.6. The maximum Gasteiger partial charge on any atom is 0.417 e. The number of sulfonamides is 1. The lowest BCUT2D eigenvalue weighted by Crippen LogP contribution is -2.36. The molecule has 2 aromatic carbocycles. The van der Waals surface area contributed by atoms with Crippen LogP contribution >= 0.6 is 11.6 Å². The molecule has 2 rings (SSSR count). The fraction of sp³-hybridized carbons (Fsp3) is 0.176. The van der Waals surface area contributed by atoms with Crippen LogP contribution in [0.5, 0.6) is 0 Å². The third kappa shape index (κ3) is 6.44. The molecule has 29 heavy (non-hydrogen) atoms. The van der Waals surface area contributed by atoms with Gasteiger partial charge in [-0.25, -0.2) is 13.6 Å². The molecule has 0 fully saturated rings. The molecule has 0 aliphatic carbocycles. The summed E-state index contributed by atoms with van der Waals surface area (Å²) in [6, 6.07) is 8.33. The number of hydrogen-bond donors (Lipinski definition) is 3. The number of hydrogen-bond acceptors (Lipinski definition) is 4. The Bertz CT molecular complexity index is 1030. The zero-order chi connectivity index (χ0) is 21.8. The summed E-state index contributed by atoms with van der Waals surface area (Å²) in [5, 5.41) is 8.83. The van der Waals surface area contributed by atoms with Crippen LogP contribution in [-0.4, -0.2) is 26.8 Å². The summed E-state index contributed by atoms with van der Waals surface area (Å²) in [7, 11) is -3.81. The van der Waals surface area contributed by atoms with Crippen LogP contribution in [0.15, 0.2) is 47.4 Å². The van der Waals surface area contributed by atoms with Crippen LogP contribution in [0.2, 0.25) is 5.02 Å². The molecule has 0 aliphatic rings. The Labute approximate surface area is 169 Å². The van der Waals surface area contributed by atoms with Crippen molar-refractivity contribution >= 4 is 39.1 Å². The van der Waals surface area contributed by atoms with Crippen molar-refractivity contribution in [1.82, 2.24) is 5.32 Å². The normalized spacial score (nSPS) is 11.8. The maximum absolute atomic E-state index is 12.8. The minimum absolute atomic E-state index is 0.0371. The van der Waals surface area contributed by atoms with Gasteiger partial charge in [-0.05, 0) is 42.3 Å². The quantitative estimate of drug-likeness (QED) is 0.607. The molecule has 0 bridgehead atoms.